The minimum Gasteiger partial charge on any atom is -0.480 e. The molecule has 376 valence electrons. The Kier molecular flexibility index (Phi) is 20.2. The van der Waals surface area contributed by atoms with E-state index in [2.05, 4.69) is 31.9 Å². The molecule has 11 N–H and O–H groups in total. The van der Waals surface area contributed by atoms with Crippen LogP contribution in [0, 0.1) is 11.8 Å². The van der Waals surface area contributed by atoms with Gasteiger partial charge in [-0.25, -0.2) is 4.79 Å². The lowest BCUT2D eigenvalue weighted by molar-refractivity contribution is -0.146. The quantitative estimate of drug-likeness (QED) is 0.0539. The highest BCUT2D eigenvalue weighted by molar-refractivity contribution is 5.99. The van der Waals surface area contributed by atoms with Gasteiger partial charge in [-0.2, -0.15) is 0 Å². The molecular weight excluding hydrogens is 889 g/mol. The van der Waals surface area contributed by atoms with E-state index in [1.165, 1.54) is 21.6 Å². The summed E-state index contributed by atoms with van der Waals surface area (Å²) in [4.78, 5) is 137. The highest BCUT2D eigenvalue weighted by atomic mass is 16.4. The average molecular weight is 957 g/mol. The summed E-state index contributed by atoms with van der Waals surface area (Å²) in [5.41, 5.74) is 6.17. The second-order valence-electron chi connectivity index (χ2n) is 18.1. The van der Waals surface area contributed by atoms with Crippen LogP contribution in [0.15, 0.2) is 30.3 Å². The number of hydrogen-bond donors (Lipinski definition) is 10. The number of carbonyl (C=O) groups is 10. The van der Waals surface area contributed by atoms with Crippen LogP contribution >= 0.6 is 0 Å². The molecule has 0 bridgehead atoms. The van der Waals surface area contributed by atoms with Crippen LogP contribution in [0.25, 0.3) is 0 Å². The molecule has 68 heavy (non-hydrogen) atoms. The summed E-state index contributed by atoms with van der Waals surface area (Å²) in [6.07, 6.45) is 1.85. The first-order valence-electron chi connectivity index (χ1n) is 23.2. The van der Waals surface area contributed by atoms with Gasteiger partial charge in [0.2, 0.25) is 53.2 Å². The number of carboxylic acid groups (broad SMARTS) is 1. The molecule has 9 atom stereocenters. The monoisotopic (exact) mass is 956 g/mol. The van der Waals surface area contributed by atoms with Gasteiger partial charge in [0.1, 0.15) is 54.4 Å². The molecule has 1 aromatic rings. The smallest absolute Gasteiger partial charge is 0.326 e. The van der Waals surface area contributed by atoms with Gasteiger partial charge >= 0.3 is 5.97 Å². The van der Waals surface area contributed by atoms with Gasteiger partial charge in [0.25, 0.3) is 0 Å². The molecule has 3 heterocycles. The molecule has 0 aliphatic carbocycles. The van der Waals surface area contributed by atoms with Crippen molar-refractivity contribution in [3.63, 3.8) is 0 Å². The Morgan fingerprint density at radius 3 is 1.49 bits per heavy atom. The maximum atomic E-state index is 14.2. The van der Waals surface area contributed by atoms with E-state index in [1.807, 2.05) is 0 Å². The number of nitrogens with one attached hydrogen (secondary N) is 6. The third-order valence-corrected chi connectivity index (χ3v) is 12.4. The van der Waals surface area contributed by atoms with Crippen molar-refractivity contribution in [2.75, 3.05) is 39.4 Å². The number of aliphatic carboxylic acids is 1. The fourth-order valence-electron chi connectivity index (χ4n) is 8.69. The molecule has 0 saturated carbocycles. The lowest BCUT2D eigenvalue weighted by Crippen LogP contribution is -2.60. The van der Waals surface area contributed by atoms with Gasteiger partial charge in [-0.15, -0.1) is 0 Å². The van der Waals surface area contributed by atoms with Crippen LogP contribution in [0.5, 0.6) is 0 Å². The zero-order chi connectivity index (χ0) is 50.4. The molecule has 3 saturated heterocycles. The van der Waals surface area contributed by atoms with E-state index < -0.39 is 133 Å². The number of hydrogen-bond acceptors (Lipinski definition) is 13. The van der Waals surface area contributed by atoms with E-state index in [-0.39, 0.29) is 57.8 Å². The van der Waals surface area contributed by atoms with Crippen LogP contribution in [0.3, 0.4) is 0 Å². The SMILES string of the molecule is CC(C)[C@H](NC(=O)[C@@H]1CCCN1C(=O)[C@H](CO)NC(=O)[C@@H]1CCCN1C(=O)[C@H](C)NC(=O)[C@H](CO)NC(=O)[C@@H]1CCCN1C(=O)[C@H](Cc1ccccc1)NC(=O)[C@@H](NC(=O)CN)C(C)C)C(=O)O. The van der Waals surface area contributed by atoms with E-state index in [0.29, 0.717) is 24.8 Å². The summed E-state index contributed by atoms with van der Waals surface area (Å²) in [6.45, 7) is 6.30. The summed E-state index contributed by atoms with van der Waals surface area (Å²) in [7, 11) is 0. The van der Waals surface area contributed by atoms with Gasteiger partial charge in [0.05, 0.1) is 19.8 Å². The van der Waals surface area contributed by atoms with Crippen LogP contribution in [0.2, 0.25) is 0 Å². The zero-order valence-electron chi connectivity index (χ0n) is 39.3. The maximum absolute atomic E-state index is 14.2. The number of nitrogens with two attached hydrogens (primary N) is 1. The van der Waals surface area contributed by atoms with Crippen molar-refractivity contribution < 1.29 is 63.3 Å². The van der Waals surface area contributed by atoms with Gasteiger partial charge in [-0.1, -0.05) is 58.0 Å². The first-order chi connectivity index (χ1) is 32.2. The molecule has 3 aliphatic rings. The first kappa shape index (κ1) is 54.4. The molecule has 9 amide bonds. The number of aliphatic hydroxyl groups excluding tert-OH is 2. The summed E-state index contributed by atoms with van der Waals surface area (Å²) in [5, 5.41) is 45.2. The largest absolute Gasteiger partial charge is 0.480 e. The average Bonchev–Trinajstić information content (AvgIpc) is 4.12. The predicted molar refractivity (Wildman–Crippen MR) is 242 cm³/mol. The van der Waals surface area contributed by atoms with E-state index >= 15 is 0 Å². The minimum absolute atomic E-state index is 0.0504. The maximum Gasteiger partial charge on any atom is 0.326 e. The molecular formula is C45H68N10O13. The van der Waals surface area contributed by atoms with Crippen molar-refractivity contribution >= 4 is 59.1 Å². The van der Waals surface area contributed by atoms with Crippen molar-refractivity contribution in [3.05, 3.63) is 35.9 Å². The normalized spacial score (nSPS) is 20.7. The molecule has 0 unspecified atom stereocenters. The molecule has 23 heteroatoms. The standard InChI is InChI=1S/C45H68N10O13/c1-24(2)35(51-34(58)21-46)41(63)48-28(20-27-12-7-6-8-13-27)43(65)54-18-10-15-32(54)38(60)49-29(22-56)37(59)47-26(5)42(64)53-17-9-14-31(53)39(61)50-30(23-57)44(66)55-19-11-16-33(55)40(62)52-36(25(3)4)45(67)68/h6-8,12-13,24-26,28-33,35-36,56-57H,9-11,14-23,46H2,1-5H3,(H,47,59)(H,48,63)(H,49,60)(H,50,61)(H,51,58)(H,52,62)(H,67,68)/t26-,28-,29-,30-,31-,32-,33-,35-,36-/m0/s1. The summed E-state index contributed by atoms with van der Waals surface area (Å²) >= 11 is 0. The molecule has 3 fully saturated rings. The summed E-state index contributed by atoms with van der Waals surface area (Å²) < 4.78 is 0. The molecule has 0 radical (unpaired) electrons. The van der Waals surface area contributed by atoms with Crippen LogP contribution in [0.1, 0.15) is 78.7 Å². The Labute approximate surface area is 395 Å². The van der Waals surface area contributed by atoms with Crippen LogP contribution < -0.4 is 37.6 Å². The van der Waals surface area contributed by atoms with Crippen LogP contribution in [0.4, 0.5) is 0 Å². The molecule has 0 spiro atoms. The Balaban J connectivity index is 1.38. The fourth-order valence-corrected chi connectivity index (χ4v) is 8.69. The van der Waals surface area contributed by atoms with Crippen molar-refractivity contribution in [2.24, 2.45) is 17.6 Å². The van der Waals surface area contributed by atoms with Crippen molar-refractivity contribution in [1.82, 2.24) is 46.6 Å². The van der Waals surface area contributed by atoms with E-state index in [1.54, 1.807) is 58.0 Å². The fraction of sp³-hybridized carbons (Fsp3) is 0.644. The van der Waals surface area contributed by atoms with Gasteiger partial charge in [0.15, 0.2) is 0 Å². The minimum atomic E-state index is -1.57. The van der Waals surface area contributed by atoms with E-state index in [4.69, 9.17) is 5.73 Å². The third-order valence-electron chi connectivity index (χ3n) is 12.4. The highest BCUT2D eigenvalue weighted by Gasteiger charge is 2.43. The first-order valence-corrected chi connectivity index (χ1v) is 23.2. The molecule has 1 aromatic carbocycles. The zero-order valence-corrected chi connectivity index (χ0v) is 39.3. The van der Waals surface area contributed by atoms with Gasteiger partial charge < -0.3 is 67.7 Å². The number of nitrogens with zero attached hydrogens (tertiary/aromatic N) is 3. The number of carboxylic acids is 1. The number of rotatable bonds is 22. The van der Waals surface area contributed by atoms with Gasteiger partial charge in [-0.3, -0.25) is 43.2 Å². The van der Waals surface area contributed by atoms with Crippen molar-refractivity contribution in [1.29, 1.82) is 0 Å². The predicted octanol–water partition coefficient (Wildman–Crippen LogP) is -3.53. The number of aliphatic hydroxyl groups is 2. The van der Waals surface area contributed by atoms with E-state index in [0.717, 1.165) is 0 Å². The number of benzene rings is 1. The molecule has 3 aliphatic heterocycles. The molecule has 0 aromatic heterocycles. The second kappa shape index (κ2) is 25.2. The molecule has 4 rings (SSSR count). The summed E-state index contributed by atoms with van der Waals surface area (Å²) in [6, 6.07) is -2.10. The van der Waals surface area contributed by atoms with Gasteiger partial charge in [-0.05, 0) is 62.8 Å². The van der Waals surface area contributed by atoms with Gasteiger partial charge in [0, 0.05) is 26.1 Å². The lowest BCUT2D eigenvalue weighted by atomic mass is 10.0. The van der Waals surface area contributed by atoms with Crippen molar-refractivity contribution in [2.45, 2.75) is 134 Å². The number of carbonyl (C=O) groups excluding carboxylic acids is 9. The lowest BCUT2D eigenvalue weighted by Gasteiger charge is -2.32. The van der Waals surface area contributed by atoms with Crippen molar-refractivity contribution in [3.8, 4) is 0 Å². The van der Waals surface area contributed by atoms with Crippen LogP contribution in [-0.4, -0.2) is 183 Å². The van der Waals surface area contributed by atoms with Crippen LogP contribution in [-0.2, 0) is 54.4 Å². The summed E-state index contributed by atoms with van der Waals surface area (Å²) in [5.74, 6) is -8.44. The Bertz CT molecular complexity index is 2000. The molecule has 23 nitrogen and oxygen atoms in total. The topological polar surface area (TPSA) is 339 Å². The highest BCUT2D eigenvalue weighted by Crippen LogP contribution is 2.23. The van der Waals surface area contributed by atoms with E-state index in [9.17, 15) is 63.3 Å². The third kappa shape index (κ3) is 13.9. The number of likely N-dealkylation sites (tertiary alicyclic amines) is 3. The number of amides is 9. The Morgan fingerprint density at radius 1 is 0.574 bits per heavy atom. The second-order valence-corrected chi connectivity index (χ2v) is 18.1. The Hall–Kier alpha value is -6.20. The Morgan fingerprint density at radius 2 is 1.03 bits per heavy atom.